The van der Waals surface area contributed by atoms with E-state index in [1.165, 1.54) is 23.0 Å². The third-order valence-corrected chi connectivity index (χ3v) is 3.74. The Kier molecular flexibility index (Phi) is 3.70. The molecule has 0 bridgehead atoms. The number of aromatic amines is 1. The standard InChI is InChI=1S/C11H15N5O2S/c1-3-6(10-13-4-5-19-10)14-7-8(12)16(2)11(18)15-9(7)17/h4-6,14H,3,12H2,1-2H3,(H,15,17,18). The summed E-state index contributed by atoms with van der Waals surface area (Å²) in [5.74, 6) is 0.115. The van der Waals surface area contributed by atoms with Gasteiger partial charge in [0.1, 0.15) is 16.5 Å². The normalized spacial score (nSPS) is 12.3. The van der Waals surface area contributed by atoms with Crippen molar-refractivity contribution in [1.82, 2.24) is 14.5 Å². The second-order valence-electron chi connectivity index (χ2n) is 4.05. The summed E-state index contributed by atoms with van der Waals surface area (Å²) in [5.41, 5.74) is 4.95. The lowest BCUT2D eigenvalue weighted by molar-refractivity contribution is 0.732. The Morgan fingerprint density at radius 1 is 1.58 bits per heavy atom. The first kappa shape index (κ1) is 13.3. The second kappa shape index (κ2) is 5.27. The molecule has 19 heavy (non-hydrogen) atoms. The maximum absolute atomic E-state index is 11.8. The van der Waals surface area contributed by atoms with Gasteiger partial charge in [0, 0.05) is 18.6 Å². The SMILES string of the molecule is CCC(Nc1c(N)n(C)c(=O)[nH]c1=O)c1nccs1. The number of H-pyrrole nitrogens is 1. The van der Waals surface area contributed by atoms with Crippen molar-refractivity contribution in [3.63, 3.8) is 0 Å². The molecule has 2 rings (SSSR count). The van der Waals surface area contributed by atoms with Gasteiger partial charge in [0.05, 0.1) is 6.04 Å². The molecular formula is C11H15N5O2S. The van der Waals surface area contributed by atoms with Crippen LogP contribution in [0.4, 0.5) is 11.5 Å². The lowest BCUT2D eigenvalue weighted by Crippen LogP contribution is -2.33. The number of nitrogens with two attached hydrogens (primary N) is 1. The van der Waals surface area contributed by atoms with Crippen molar-refractivity contribution in [2.75, 3.05) is 11.1 Å². The largest absolute Gasteiger partial charge is 0.383 e. The lowest BCUT2D eigenvalue weighted by atomic mass is 10.2. The molecule has 2 aromatic heterocycles. The number of nitrogen functional groups attached to an aromatic ring is 1. The fourth-order valence-electron chi connectivity index (χ4n) is 1.70. The van der Waals surface area contributed by atoms with E-state index in [4.69, 9.17) is 5.73 Å². The number of nitrogens with one attached hydrogen (secondary N) is 2. The van der Waals surface area contributed by atoms with E-state index in [9.17, 15) is 9.59 Å². The summed E-state index contributed by atoms with van der Waals surface area (Å²) in [4.78, 5) is 29.6. The van der Waals surface area contributed by atoms with Crippen molar-refractivity contribution < 1.29 is 0 Å². The number of nitrogens with zero attached hydrogens (tertiary/aromatic N) is 2. The highest BCUT2D eigenvalue weighted by Crippen LogP contribution is 2.24. The van der Waals surface area contributed by atoms with E-state index in [-0.39, 0.29) is 17.5 Å². The van der Waals surface area contributed by atoms with Gasteiger partial charge in [0.2, 0.25) is 0 Å². The molecule has 4 N–H and O–H groups in total. The summed E-state index contributed by atoms with van der Waals surface area (Å²) in [5, 5.41) is 5.79. The highest BCUT2D eigenvalue weighted by Gasteiger charge is 2.17. The smallest absolute Gasteiger partial charge is 0.329 e. The van der Waals surface area contributed by atoms with Crippen molar-refractivity contribution in [3.8, 4) is 0 Å². The van der Waals surface area contributed by atoms with Crippen LogP contribution in [0.15, 0.2) is 21.2 Å². The van der Waals surface area contributed by atoms with E-state index in [2.05, 4.69) is 15.3 Å². The topological polar surface area (TPSA) is 106 Å². The van der Waals surface area contributed by atoms with E-state index in [0.717, 1.165) is 11.4 Å². The summed E-state index contributed by atoms with van der Waals surface area (Å²) >= 11 is 1.50. The van der Waals surface area contributed by atoms with Gasteiger partial charge in [-0.05, 0) is 6.42 Å². The van der Waals surface area contributed by atoms with Gasteiger partial charge in [-0.1, -0.05) is 6.92 Å². The van der Waals surface area contributed by atoms with E-state index < -0.39 is 11.2 Å². The van der Waals surface area contributed by atoms with Gasteiger partial charge in [-0.3, -0.25) is 14.3 Å². The molecule has 2 heterocycles. The van der Waals surface area contributed by atoms with Crippen LogP contribution in [0.1, 0.15) is 24.4 Å². The molecule has 0 aliphatic heterocycles. The summed E-state index contributed by atoms with van der Waals surface area (Å²) in [6, 6.07) is -0.110. The van der Waals surface area contributed by atoms with Crippen LogP contribution < -0.4 is 22.3 Å². The van der Waals surface area contributed by atoms with Gasteiger partial charge in [-0.15, -0.1) is 11.3 Å². The Labute approximate surface area is 113 Å². The Morgan fingerprint density at radius 3 is 2.89 bits per heavy atom. The van der Waals surface area contributed by atoms with Crippen LogP contribution in [-0.2, 0) is 7.05 Å². The Hall–Kier alpha value is -2.09. The zero-order chi connectivity index (χ0) is 14.0. The molecule has 1 atom stereocenters. The van der Waals surface area contributed by atoms with Crippen molar-refractivity contribution in [1.29, 1.82) is 0 Å². The molecule has 0 saturated carbocycles. The molecule has 0 radical (unpaired) electrons. The number of hydrogen-bond acceptors (Lipinski definition) is 6. The van der Waals surface area contributed by atoms with Crippen LogP contribution in [0, 0.1) is 0 Å². The van der Waals surface area contributed by atoms with E-state index in [1.807, 2.05) is 12.3 Å². The predicted octanol–water partition coefficient (Wildman–Crippen LogP) is 0.676. The average molecular weight is 281 g/mol. The zero-order valence-corrected chi connectivity index (χ0v) is 11.5. The van der Waals surface area contributed by atoms with E-state index >= 15 is 0 Å². The first-order valence-corrected chi connectivity index (χ1v) is 6.67. The maximum Gasteiger partial charge on any atom is 0.329 e. The molecule has 0 spiro atoms. The first-order valence-electron chi connectivity index (χ1n) is 5.79. The molecule has 0 amide bonds. The van der Waals surface area contributed by atoms with Crippen LogP contribution >= 0.6 is 11.3 Å². The molecule has 0 aliphatic carbocycles. The fraction of sp³-hybridized carbons (Fsp3) is 0.364. The van der Waals surface area contributed by atoms with E-state index in [0.29, 0.717) is 0 Å². The van der Waals surface area contributed by atoms with Gasteiger partial charge in [-0.2, -0.15) is 0 Å². The second-order valence-corrected chi connectivity index (χ2v) is 4.98. The molecule has 8 heteroatoms. The van der Waals surface area contributed by atoms with Crippen LogP contribution in [0.25, 0.3) is 0 Å². The molecule has 0 saturated heterocycles. The maximum atomic E-state index is 11.8. The molecule has 102 valence electrons. The van der Waals surface area contributed by atoms with Crippen LogP contribution in [0.3, 0.4) is 0 Å². The quantitative estimate of drug-likeness (QED) is 0.764. The molecule has 0 aliphatic rings. The van der Waals surface area contributed by atoms with Gasteiger partial charge in [0.15, 0.2) is 0 Å². The van der Waals surface area contributed by atoms with Crippen molar-refractivity contribution in [2.24, 2.45) is 7.05 Å². The van der Waals surface area contributed by atoms with Gasteiger partial charge < -0.3 is 11.1 Å². The predicted molar refractivity (Wildman–Crippen MR) is 75.5 cm³/mol. The fourth-order valence-corrected chi connectivity index (χ4v) is 2.47. The molecule has 1 unspecified atom stereocenters. The molecule has 2 aromatic rings. The Balaban J connectivity index is 2.41. The Morgan fingerprint density at radius 2 is 2.32 bits per heavy atom. The number of aromatic nitrogens is 3. The zero-order valence-electron chi connectivity index (χ0n) is 10.6. The minimum absolute atomic E-state index is 0.110. The molecule has 0 fully saturated rings. The minimum atomic E-state index is -0.532. The van der Waals surface area contributed by atoms with Crippen LogP contribution in [0.2, 0.25) is 0 Å². The minimum Gasteiger partial charge on any atom is -0.383 e. The monoisotopic (exact) mass is 281 g/mol. The summed E-state index contributed by atoms with van der Waals surface area (Å²) < 4.78 is 1.19. The number of anilines is 2. The van der Waals surface area contributed by atoms with Gasteiger partial charge in [0.25, 0.3) is 5.56 Å². The van der Waals surface area contributed by atoms with Crippen LogP contribution in [0.5, 0.6) is 0 Å². The highest BCUT2D eigenvalue weighted by molar-refractivity contribution is 7.09. The number of hydrogen-bond donors (Lipinski definition) is 3. The summed E-state index contributed by atoms with van der Waals surface area (Å²) in [6.45, 7) is 1.98. The van der Waals surface area contributed by atoms with Crippen molar-refractivity contribution >= 4 is 22.8 Å². The first-order chi connectivity index (χ1) is 9.04. The third-order valence-electron chi connectivity index (χ3n) is 2.85. The molecule has 7 nitrogen and oxygen atoms in total. The summed E-state index contributed by atoms with van der Waals surface area (Å²) in [6.07, 6.45) is 2.45. The van der Waals surface area contributed by atoms with Crippen LogP contribution in [-0.4, -0.2) is 14.5 Å². The van der Waals surface area contributed by atoms with E-state index in [1.54, 1.807) is 6.20 Å². The average Bonchev–Trinajstić information content (AvgIpc) is 2.90. The molecular weight excluding hydrogens is 266 g/mol. The summed E-state index contributed by atoms with van der Waals surface area (Å²) in [7, 11) is 1.50. The number of rotatable bonds is 4. The lowest BCUT2D eigenvalue weighted by Gasteiger charge is -2.17. The highest BCUT2D eigenvalue weighted by atomic mass is 32.1. The number of thiazole rings is 1. The van der Waals surface area contributed by atoms with Gasteiger partial charge in [-0.25, -0.2) is 9.78 Å². The third kappa shape index (κ3) is 2.53. The molecule has 0 aromatic carbocycles. The van der Waals surface area contributed by atoms with Crippen molar-refractivity contribution in [3.05, 3.63) is 37.4 Å². The Bertz CT molecular complexity index is 673. The van der Waals surface area contributed by atoms with Gasteiger partial charge >= 0.3 is 5.69 Å². The van der Waals surface area contributed by atoms with Crippen molar-refractivity contribution in [2.45, 2.75) is 19.4 Å².